The molecule has 1 saturated carbocycles. The molecule has 9 heteroatoms. The van der Waals surface area contributed by atoms with Crippen LogP contribution >= 0.6 is 23.4 Å². The minimum atomic E-state index is -3.53. The van der Waals surface area contributed by atoms with E-state index in [0.29, 0.717) is 10.5 Å². The van der Waals surface area contributed by atoms with Gasteiger partial charge in [0.15, 0.2) is 9.84 Å². The standard InChI is InChI=1S/C17H21ClN2O4S2/c1-8-7-10(12(18)15(25-3)16(8)26(4,23)24)14(21)11(17(22)20-2)13(19)9-5-6-9/h7,9,19,21H,5-6H2,1-4H3,(H,20,22). The lowest BCUT2D eigenvalue weighted by molar-refractivity contribution is -0.116. The van der Waals surface area contributed by atoms with Crippen molar-refractivity contribution in [3.63, 3.8) is 0 Å². The molecule has 6 nitrogen and oxygen atoms in total. The Morgan fingerprint density at radius 2 is 2.00 bits per heavy atom. The third-order valence-corrected chi connectivity index (χ3v) is 6.85. The zero-order valence-electron chi connectivity index (χ0n) is 14.9. The Morgan fingerprint density at radius 3 is 2.42 bits per heavy atom. The molecular weight excluding hydrogens is 396 g/mol. The number of hydrogen-bond acceptors (Lipinski definition) is 6. The predicted molar refractivity (Wildman–Crippen MR) is 105 cm³/mol. The van der Waals surface area contributed by atoms with Crippen LogP contribution in [0.25, 0.3) is 5.76 Å². The number of aliphatic hydroxyl groups excluding tert-OH is 1. The van der Waals surface area contributed by atoms with Crippen LogP contribution in [0.3, 0.4) is 0 Å². The highest BCUT2D eigenvalue weighted by atomic mass is 35.5. The Balaban J connectivity index is 2.79. The normalized spacial score (nSPS) is 15.4. The average molecular weight is 417 g/mol. The van der Waals surface area contributed by atoms with Gasteiger partial charge in [-0.1, -0.05) is 11.6 Å². The molecule has 0 aliphatic heterocycles. The van der Waals surface area contributed by atoms with Crippen LogP contribution in [0.5, 0.6) is 0 Å². The maximum absolute atomic E-state index is 12.3. The maximum atomic E-state index is 12.3. The lowest BCUT2D eigenvalue weighted by Gasteiger charge is -2.17. The number of benzene rings is 1. The Labute approximate surface area is 162 Å². The summed E-state index contributed by atoms with van der Waals surface area (Å²) in [6.45, 7) is 1.61. The molecular formula is C17H21ClN2O4S2. The number of aryl methyl sites for hydroxylation is 1. The van der Waals surface area contributed by atoms with E-state index in [-0.39, 0.29) is 32.7 Å². The van der Waals surface area contributed by atoms with Crippen LogP contribution in [0, 0.1) is 18.3 Å². The summed E-state index contributed by atoms with van der Waals surface area (Å²) in [6.07, 6.45) is 4.37. The molecule has 1 fully saturated rings. The maximum Gasteiger partial charge on any atom is 0.256 e. The second kappa shape index (κ2) is 7.62. The summed E-state index contributed by atoms with van der Waals surface area (Å²) >= 11 is 7.55. The minimum Gasteiger partial charge on any atom is -0.506 e. The third kappa shape index (κ3) is 3.92. The van der Waals surface area contributed by atoms with Gasteiger partial charge in [-0.05, 0) is 37.7 Å². The molecule has 0 unspecified atom stereocenters. The van der Waals surface area contributed by atoms with Gasteiger partial charge in [-0.3, -0.25) is 4.79 Å². The summed E-state index contributed by atoms with van der Waals surface area (Å²) in [6, 6.07) is 1.44. The number of amides is 1. The van der Waals surface area contributed by atoms with E-state index in [4.69, 9.17) is 17.0 Å². The second-order valence-corrected chi connectivity index (χ2v) is 9.33. The average Bonchev–Trinajstić information content (AvgIpc) is 3.39. The van der Waals surface area contributed by atoms with Gasteiger partial charge in [0.05, 0.1) is 15.6 Å². The van der Waals surface area contributed by atoms with Crippen molar-refractivity contribution in [3.05, 3.63) is 27.8 Å². The van der Waals surface area contributed by atoms with Gasteiger partial charge in [0.25, 0.3) is 5.91 Å². The molecule has 26 heavy (non-hydrogen) atoms. The van der Waals surface area contributed by atoms with Gasteiger partial charge in [-0.15, -0.1) is 11.8 Å². The number of likely N-dealkylation sites (N-methyl/N-ethyl adjacent to an activating group) is 1. The van der Waals surface area contributed by atoms with E-state index in [1.165, 1.54) is 13.1 Å². The zero-order chi connectivity index (χ0) is 19.8. The van der Waals surface area contributed by atoms with Gasteiger partial charge < -0.3 is 15.8 Å². The van der Waals surface area contributed by atoms with E-state index in [1.54, 1.807) is 13.2 Å². The molecule has 1 aliphatic carbocycles. The first-order valence-electron chi connectivity index (χ1n) is 7.86. The van der Waals surface area contributed by atoms with Crippen molar-refractivity contribution in [2.75, 3.05) is 19.6 Å². The number of sulfone groups is 1. The van der Waals surface area contributed by atoms with Crippen LogP contribution < -0.4 is 5.32 Å². The lowest BCUT2D eigenvalue weighted by atomic mass is 9.99. The van der Waals surface area contributed by atoms with Crippen molar-refractivity contribution in [1.82, 2.24) is 5.32 Å². The number of halogens is 1. The Morgan fingerprint density at radius 1 is 1.42 bits per heavy atom. The molecule has 0 bridgehead atoms. The van der Waals surface area contributed by atoms with E-state index in [0.717, 1.165) is 30.9 Å². The van der Waals surface area contributed by atoms with Crippen LogP contribution in [-0.4, -0.2) is 44.7 Å². The molecule has 0 spiro atoms. The van der Waals surface area contributed by atoms with E-state index < -0.39 is 21.5 Å². The largest absolute Gasteiger partial charge is 0.506 e. The number of carbonyl (C=O) groups excluding carboxylic acids is 1. The summed E-state index contributed by atoms with van der Waals surface area (Å²) in [7, 11) is -2.11. The summed E-state index contributed by atoms with van der Waals surface area (Å²) in [5.74, 6) is -1.05. The highest BCUT2D eigenvalue weighted by molar-refractivity contribution is 7.99. The van der Waals surface area contributed by atoms with Gasteiger partial charge in [0.2, 0.25) is 0 Å². The van der Waals surface area contributed by atoms with Crippen molar-refractivity contribution in [1.29, 1.82) is 5.41 Å². The van der Waals surface area contributed by atoms with E-state index in [1.807, 2.05) is 0 Å². The molecule has 0 heterocycles. The van der Waals surface area contributed by atoms with Gasteiger partial charge in [-0.2, -0.15) is 0 Å². The van der Waals surface area contributed by atoms with Crippen molar-refractivity contribution in [2.45, 2.75) is 29.6 Å². The first-order valence-corrected chi connectivity index (χ1v) is 11.4. The fourth-order valence-electron chi connectivity index (χ4n) is 2.76. The molecule has 2 rings (SSSR count). The smallest absolute Gasteiger partial charge is 0.256 e. The molecule has 1 aromatic rings. The lowest BCUT2D eigenvalue weighted by Crippen LogP contribution is -2.27. The number of thioether (sulfide) groups is 1. The monoisotopic (exact) mass is 416 g/mol. The molecule has 0 saturated heterocycles. The van der Waals surface area contributed by atoms with Crippen molar-refractivity contribution in [2.24, 2.45) is 5.92 Å². The molecule has 1 aliphatic rings. The topological polar surface area (TPSA) is 107 Å². The first-order chi connectivity index (χ1) is 12.0. The molecule has 142 valence electrons. The number of carbonyl (C=O) groups is 1. The summed E-state index contributed by atoms with van der Waals surface area (Å²) < 4.78 is 24.2. The van der Waals surface area contributed by atoms with Crippen LogP contribution in [-0.2, 0) is 14.6 Å². The van der Waals surface area contributed by atoms with Crippen LogP contribution in [0.15, 0.2) is 21.4 Å². The number of aliphatic hydroxyl groups is 1. The fourth-order valence-corrected chi connectivity index (χ4v) is 5.70. The van der Waals surface area contributed by atoms with E-state index in [9.17, 15) is 18.3 Å². The minimum absolute atomic E-state index is 0.0472. The number of rotatable bonds is 6. The molecule has 1 aromatic carbocycles. The second-order valence-electron chi connectivity index (χ2n) is 6.18. The Kier molecular flexibility index (Phi) is 6.09. The van der Waals surface area contributed by atoms with Gasteiger partial charge in [0, 0.05) is 29.7 Å². The highest BCUT2D eigenvalue weighted by Crippen LogP contribution is 2.41. The third-order valence-electron chi connectivity index (χ3n) is 4.14. The molecule has 1 amide bonds. The predicted octanol–water partition coefficient (Wildman–Crippen LogP) is 3.22. The summed E-state index contributed by atoms with van der Waals surface area (Å²) in [5.41, 5.74) is 0.492. The van der Waals surface area contributed by atoms with Crippen molar-refractivity contribution in [3.8, 4) is 0 Å². The zero-order valence-corrected chi connectivity index (χ0v) is 17.3. The van der Waals surface area contributed by atoms with Gasteiger partial charge in [-0.25, -0.2) is 8.42 Å². The van der Waals surface area contributed by atoms with E-state index >= 15 is 0 Å². The highest BCUT2D eigenvalue weighted by Gasteiger charge is 2.34. The van der Waals surface area contributed by atoms with Crippen LogP contribution in [0.4, 0.5) is 0 Å². The van der Waals surface area contributed by atoms with Crippen LogP contribution in [0.1, 0.15) is 24.0 Å². The molecule has 0 atom stereocenters. The van der Waals surface area contributed by atoms with E-state index in [2.05, 4.69) is 5.32 Å². The number of nitrogens with one attached hydrogen (secondary N) is 2. The van der Waals surface area contributed by atoms with Crippen molar-refractivity contribution >= 4 is 50.6 Å². The number of hydrogen-bond donors (Lipinski definition) is 3. The molecule has 0 aromatic heterocycles. The summed E-state index contributed by atoms with van der Waals surface area (Å²) in [5, 5.41) is 21.5. The van der Waals surface area contributed by atoms with Gasteiger partial charge >= 0.3 is 0 Å². The summed E-state index contributed by atoms with van der Waals surface area (Å²) in [4.78, 5) is 12.7. The Bertz CT molecular complexity index is 919. The van der Waals surface area contributed by atoms with Crippen molar-refractivity contribution < 1.29 is 18.3 Å². The SMILES string of the molecule is CNC(=O)C(C(=N)C1CC1)=C(O)c1cc(C)c(S(C)(=O)=O)c(SC)c1Cl. The quantitative estimate of drug-likeness (QED) is 0.285. The molecule has 0 radical (unpaired) electrons. The van der Waals surface area contributed by atoms with Crippen LogP contribution in [0.2, 0.25) is 5.02 Å². The molecule has 3 N–H and O–H groups in total. The van der Waals surface area contributed by atoms with Gasteiger partial charge in [0.1, 0.15) is 11.3 Å². The Hall–Kier alpha value is -1.51. The fraction of sp³-hybridized carbons (Fsp3) is 0.412. The first kappa shape index (κ1) is 20.8.